The van der Waals surface area contributed by atoms with Crippen LogP contribution in [0.2, 0.25) is 0 Å². The number of aromatic amines is 1. The molecule has 0 radical (unpaired) electrons. The maximum atomic E-state index is 11.1. The van der Waals surface area contributed by atoms with Crippen molar-refractivity contribution in [2.45, 2.75) is 19.1 Å². The van der Waals surface area contributed by atoms with Crippen LogP contribution in [0, 0.1) is 0 Å². The Morgan fingerprint density at radius 3 is 2.93 bits per heavy atom. The van der Waals surface area contributed by atoms with Crippen molar-refractivity contribution >= 4 is 5.97 Å². The Morgan fingerprint density at radius 1 is 1.79 bits per heavy atom. The summed E-state index contributed by atoms with van der Waals surface area (Å²) in [7, 11) is 1.42. The Hall–Kier alpha value is -1.56. The largest absolute Gasteiger partial charge is 0.481 e. The molecule has 0 aliphatic rings. The minimum atomic E-state index is -0.944. The summed E-state index contributed by atoms with van der Waals surface area (Å²) >= 11 is 0. The van der Waals surface area contributed by atoms with Crippen LogP contribution in [0.4, 0.5) is 0 Å². The molecule has 1 atom stereocenters. The molecule has 1 rings (SSSR count). The van der Waals surface area contributed by atoms with E-state index in [0.29, 0.717) is 0 Å². The third-order valence-electron chi connectivity index (χ3n) is 1.86. The molecule has 6 heteroatoms. The predicted octanol–water partition coefficient (Wildman–Crippen LogP) is -0.334. The van der Waals surface area contributed by atoms with Gasteiger partial charge in [0.2, 0.25) is 0 Å². The average Bonchev–Trinajstić information content (AvgIpc) is 2.50. The first kappa shape index (κ1) is 10.5. The minimum Gasteiger partial charge on any atom is -0.481 e. The van der Waals surface area contributed by atoms with Gasteiger partial charge in [0.15, 0.2) is 0 Å². The summed E-state index contributed by atoms with van der Waals surface area (Å²) in [4.78, 5) is 23.9. The Balaban J connectivity index is 2.61. The number of carboxylic acids is 1. The number of nitrogens with zero attached hydrogens (tertiary/aromatic N) is 1. The van der Waals surface area contributed by atoms with E-state index in [-0.39, 0.29) is 18.7 Å². The maximum Gasteiger partial charge on any atom is 0.325 e. The van der Waals surface area contributed by atoms with E-state index in [1.54, 1.807) is 6.20 Å². The molecule has 0 saturated carbocycles. The molecule has 1 heterocycles. The van der Waals surface area contributed by atoms with Gasteiger partial charge >= 0.3 is 11.7 Å². The lowest BCUT2D eigenvalue weighted by Crippen LogP contribution is -2.27. The van der Waals surface area contributed by atoms with Crippen LogP contribution in [0.3, 0.4) is 0 Å². The molecule has 6 nitrogen and oxygen atoms in total. The molecule has 0 saturated heterocycles. The molecule has 1 aromatic heterocycles. The number of imidazole rings is 1. The van der Waals surface area contributed by atoms with Gasteiger partial charge in [-0.3, -0.25) is 9.36 Å². The van der Waals surface area contributed by atoms with Gasteiger partial charge in [-0.05, 0) is 0 Å². The molecule has 2 N–H and O–H groups in total. The van der Waals surface area contributed by atoms with Crippen LogP contribution in [-0.4, -0.2) is 33.8 Å². The Bertz CT molecular complexity index is 354. The fraction of sp³-hybridized carbons (Fsp3) is 0.500. The van der Waals surface area contributed by atoms with Gasteiger partial charge in [0.05, 0.1) is 19.1 Å². The van der Waals surface area contributed by atoms with Crippen molar-refractivity contribution in [2.75, 3.05) is 7.11 Å². The van der Waals surface area contributed by atoms with Gasteiger partial charge in [0, 0.05) is 19.5 Å². The second-order valence-electron chi connectivity index (χ2n) is 2.87. The van der Waals surface area contributed by atoms with Crippen LogP contribution in [0.5, 0.6) is 0 Å². The summed E-state index contributed by atoms with van der Waals surface area (Å²) in [5.41, 5.74) is -0.266. The zero-order valence-electron chi connectivity index (χ0n) is 7.77. The molecule has 0 fully saturated rings. The topological polar surface area (TPSA) is 84.3 Å². The highest BCUT2D eigenvalue weighted by Crippen LogP contribution is 1.99. The van der Waals surface area contributed by atoms with Crippen molar-refractivity contribution in [3.8, 4) is 0 Å². The first-order valence-electron chi connectivity index (χ1n) is 4.12. The van der Waals surface area contributed by atoms with Gasteiger partial charge in [-0.25, -0.2) is 4.79 Å². The van der Waals surface area contributed by atoms with Crippen LogP contribution in [0.15, 0.2) is 17.2 Å². The Morgan fingerprint density at radius 2 is 2.50 bits per heavy atom. The lowest BCUT2D eigenvalue weighted by molar-refractivity contribution is -0.139. The van der Waals surface area contributed by atoms with E-state index in [2.05, 4.69) is 4.98 Å². The number of methoxy groups -OCH3 is 1. The highest BCUT2D eigenvalue weighted by atomic mass is 16.5. The quantitative estimate of drug-likeness (QED) is 0.681. The molecule has 0 amide bonds. The Kier molecular flexibility index (Phi) is 3.47. The van der Waals surface area contributed by atoms with E-state index in [1.165, 1.54) is 17.9 Å². The van der Waals surface area contributed by atoms with Gasteiger partial charge in [-0.2, -0.15) is 0 Å². The normalized spacial score (nSPS) is 12.6. The van der Waals surface area contributed by atoms with Gasteiger partial charge < -0.3 is 14.8 Å². The summed E-state index contributed by atoms with van der Waals surface area (Å²) in [6, 6.07) is 0. The molecule has 14 heavy (non-hydrogen) atoms. The second kappa shape index (κ2) is 4.61. The SMILES string of the molecule is COC(CC(=O)O)Cn1cc[nH]c1=O. The van der Waals surface area contributed by atoms with Crippen molar-refractivity contribution in [1.82, 2.24) is 9.55 Å². The minimum absolute atomic E-state index is 0.117. The molecule has 1 unspecified atom stereocenters. The number of H-pyrrole nitrogens is 1. The summed E-state index contributed by atoms with van der Waals surface area (Å²) in [5, 5.41) is 8.54. The first-order chi connectivity index (χ1) is 6.63. The van der Waals surface area contributed by atoms with E-state index in [4.69, 9.17) is 9.84 Å². The number of hydrogen-bond donors (Lipinski definition) is 2. The van der Waals surface area contributed by atoms with E-state index in [0.717, 1.165) is 0 Å². The lowest BCUT2D eigenvalue weighted by atomic mass is 10.2. The fourth-order valence-corrected chi connectivity index (χ4v) is 1.13. The van der Waals surface area contributed by atoms with E-state index in [9.17, 15) is 9.59 Å². The number of carboxylic acid groups (broad SMARTS) is 1. The number of carbonyl (C=O) groups is 1. The molecule has 0 aliphatic carbocycles. The van der Waals surface area contributed by atoms with Gasteiger partial charge in [-0.15, -0.1) is 0 Å². The highest BCUT2D eigenvalue weighted by Gasteiger charge is 2.13. The van der Waals surface area contributed by atoms with E-state index in [1.807, 2.05) is 0 Å². The Labute approximate surface area is 80.1 Å². The summed E-state index contributed by atoms with van der Waals surface area (Å²) in [6.45, 7) is 0.241. The van der Waals surface area contributed by atoms with Crippen molar-refractivity contribution in [3.05, 3.63) is 22.9 Å². The monoisotopic (exact) mass is 200 g/mol. The number of aromatic nitrogens is 2. The van der Waals surface area contributed by atoms with E-state index < -0.39 is 12.1 Å². The highest BCUT2D eigenvalue weighted by molar-refractivity contribution is 5.67. The molecule has 78 valence electrons. The summed E-state index contributed by atoms with van der Waals surface area (Å²) in [5.74, 6) is -0.944. The van der Waals surface area contributed by atoms with E-state index >= 15 is 0 Å². The molecule has 0 aliphatic heterocycles. The molecule has 0 bridgehead atoms. The fourth-order valence-electron chi connectivity index (χ4n) is 1.13. The number of aliphatic carboxylic acids is 1. The summed E-state index contributed by atoms with van der Waals surface area (Å²) in [6.07, 6.45) is 2.45. The third kappa shape index (κ3) is 2.74. The maximum absolute atomic E-state index is 11.1. The van der Waals surface area contributed by atoms with Crippen molar-refractivity contribution in [2.24, 2.45) is 0 Å². The first-order valence-corrected chi connectivity index (χ1v) is 4.12. The van der Waals surface area contributed by atoms with Crippen LogP contribution in [-0.2, 0) is 16.1 Å². The van der Waals surface area contributed by atoms with Crippen molar-refractivity contribution in [1.29, 1.82) is 0 Å². The molecule has 0 aromatic carbocycles. The van der Waals surface area contributed by atoms with Crippen molar-refractivity contribution < 1.29 is 14.6 Å². The molecular formula is C8H12N2O4. The standard InChI is InChI=1S/C8H12N2O4/c1-14-6(4-7(11)12)5-10-3-2-9-8(10)13/h2-3,6H,4-5H2,1H3,(H,9,13)(H,11,12). The van der Waals surface area contributed by atoms with Gasteiger partial charge in [-0.1, -0.05) is 0 Å². The molecule has 0 spiro atoms. The third-order valence-corrected chi connectivity index (χ3v) is 1.86. The predicted molar refractivity (Wildman–Crippen MR) is 48.1 cm³/mol. The van der Waals surface area contributed by atoms with Crippen LogP contribution < -0.4 is 5.69 Å². The second-order valence-corrected chi connectivity index (χ2v) is 2.87. The zero-order chi connectivity index (χ0) is 10.6. The smallest absolute Gasteiger partial charge is 0.325 e. The van der Waals surface area contributed by atoms with Crippen LogP contribution in [0.25, 0.3) is 0 Å². The lowest BCUT2D eigenvalue weighted by Gasteiger charge is -2.12. The average molecular weight is 200 g/mol. The van der Waals surface area contributed by atoms with Crippen LogP contribution in [0.1, 0.15) is 6.42 Å². The zero-order valence-corrected chi connectivity index (χ0v) is 7.77. The number of rotatable bonds is 5. The van der Waals surface area contributed by atoms with Gasteiger partial charge in [0.25, 0.3) is 0 Å². The number of ether oxygens (including phenoxy) is 1. The van der Waals surface area contributed by atoms with Gasteiger partial charge in [0.1, 0.15) is 0 Å². The van der Waals surface area contributed by atoms with Crippen LogP contribution >= 0.6 is 0 Å². The number of hydrogen-bond acceptors (Lipinski definition) is 3. The molecular weight excluding hydrogens is 188 g/mol. The molecule has 1 aromatic rings. The summed E-state index contributed by atoms with van der Waals surface area (Å²) < 4.78 is 6.31. The number of nitrogens with one attached hydrogen (secondary N) is 1. The van der Waals surface area contributed by atoms with Crippen molar-refractivity contribution in [3.63, 3.8) is 0 Å².